The molecule has 1 saturated heterocycles. The average molecular weight is 810 g/mol. The molecule has 2 aromatic rings. The van der Waals surface area contributed by atoms with Crippen molar-refractivity contribution in [1.82, 2.24) is 0 Å². The third-order valence-electron chi connectivity index (χ3n) is 5.86. The Morgan fingerprint density at radius 2 is 1.19 bits per heavy atom. The van der Waals surface area contributed by atoms with Crippen LogP contribution < -0.4 is 23.5 Å². The van der Waals surface area contributed by atoms with Gasteiger partial charge >= 0.3 is 33.9 Å². The van der Waals surface area contributed by atoms with Crippen LogP contribution in [0, 0.1) is 18.6 Å². The van der Waals surface area contributed by atoms with E-state index >= 15 is 0 Å². The minimum Gasteiger partial charge on any atom is -0.537 e. The summed E-state index contributed by atoms with van der Waals surface area (Å²) < 4.78 is 63.9. The Bertz CT molecular complexity index is 1130. The maximum atomic E-state index is 13.0. The van der Waals surface area contributed by atoms with Crippen LogP contribution in [0.25, 0.3) is 0 Å². The van der Waals surface area contributed by atoms with Crippen LogP contribution in [0.3, 0.4) is 0 Å². The van der Waals surface area contributed by atoms with Crippen LogP contribution in [-0.2, 0) is 41.4 Å². The van der Waals surface area contributed by atoms with Crippen molar-refractivity contribution in [2.45, 2.75) is 158 Å². The Kier molecular flexibility index (Phi) is 34.2. The van der Waals surface area contributed by atoms with Crippen LogP contribution in [0.5, 0.6) is 5.75 Å². The molecular weight excluding hydrogens is 743 g/mol. The maximum Gasteiger partial charge on any atom is 1.00 e. The van der Waals surface area contributed by atoms with Crippen molar-refractivity contribution in [3.8, 4) is 5.75 Å². The van der Waals surface area contributed by atoms with E-state index in [1.165, 1.54) is 49.6 Å². The van der Waals surface area contributed by atoms with Crippen molar-refractivity contribution in [2.75, 3.05) is 13.2 Å². The van der Waals surface area contributed by atoms with E-state index in [0.717, 1.165) is 29.7 Å². The molecule has 3 rings (SSSR count). The zero-order valence-electron chi connectivity index (χ0n) is 35.2. The second-order valence-corrected chi connectivity index (χ2v) is 15.4. The third-order valence-corrected chi connectivity index (χ3v) is 6.64. The van der Waals surface area contributed by atoms with E-state index in [2.05, 4.69) is 29.8 Å². The minimum absolute atomic E-state index is 0. The van der Waals surface area contributed by atoms with Crippen LogP contribution in [0.1, 0.15) is 127 Å². The van der Waals surface area contributed by atoms with E-state index in [4.69, 9.17) is 37.9 Å². The molecule has 1 N–H and O–H groups in total. The van der Waals surface area contributed by atoms with Crippen LogP contribution in [0.15, 0.2) is 40.9 Å². The standard InChI is InChI=1S/C11H15BFO3.C11H14BrFO.C9H21BO3.C4H8O.C4H9.Li/c1-11(2,3)15-7-8-6-9(13)4-5-10(8)16-12-14;1-11(2,3)14-7-8-6-9(13)4-5-10(8)12;1-7(2)11-10(12-8(3)4)13-9(5)6;1-2-4-5-3-1;1-3-4-2;/h4-6,14H,7H2,1-3H3;4-6H,7H2,1-3H3;7-9H,1-6H3;1-4H2;1,3-4H2,2H3;/q;;;;-1;+1. The smallest absolute Gasteiger partial charge is 0.537 e. The summed E-state index contributed by atoms with van der Waals surface area (Å²) in [4.78, 5) is 0. The van der Waals surface area contributed by atoms with Crippen molar-refractivity contribution >= 4 is 30.9 Å². The molecule has 0 bridgehead atoms. The van der Waals surface area contributed by atoms with Gasteiger partial charge in [-0.25, -0.2) is 8.78 Å². The van der Waals surface area contributed by atoms with Gasteiger partial charge in [0.25, 0.3) is 0 Å². The minimum atomic E-state index is -0.542. The number of rotatable bonds is 13. The summed E-state index contributed by atoms with van der Waals surface area (Å²) in [6.07, 6.45) is 5.17. The number of ether oxygens (including phenoxy) is 3. The van der Waals surface area contributed by atoms with Crippen molar-refractivity contribution in [2.24, 2.45) is 0 Å². The number of unbranched alkanes of at least 4 members (excludes halogenated alkanes) is 1. The molecule has 0 saturated carbocycles. The molecule has 1 radical (unpaired) electrons. The van der Waals surface area contributed by atoms with Gasteiger partial charge in [0.05, 0.1) is 24.4 Å². The fourth-order valence-corrected chi connectivity index (χ4v) is 3.71. The van der Waals surface area contributed by atoms with E-state index in [0.29, 0.717) is 25.6 Å². The summed E-state index contributed by atoms with van der Waals surface area (Å²) in [6, 6.07) is 8.63. The molecule has 0 spiro atoms. The molecular formula is C39H67B2BrF2LiO8. The van der Waals surface area contributed by atoms with Crippen molar-refractivity contribution < 1.29 is 65.5 Å². The van der Waals surface area contributed by atoms with Gasteiger partial charge in [-0.1, -0.05) is 29.3 Å². The first-order valence-corrected chi connectivity index (χ1v) is 18.9. The van der Waals surface area contributed by atoms with Gasteiger partial charge < -0.3 is 44.8 Å². The monoisotopic (exact) mass is 809 g/mol. The second kappa shape index (κ2) is 32.1. The number of benzene rings is 2. The van der Waals surface area contributed by atoms with Gasteiger partial charge in [-0.2, -0.15) is 6.42 Å². The van der Waals surface area contributed by atoms with E-state index in [-0.39, 0.29) is 66.6 Å². The Hall–Kier alpha value is -0.973. The topological polar surface area (TPSA) is 84.8 Å². The largest absolute Gasteiger partial charge is 1.00 e. The van der Waals surface area contributed by atoms with Crippen molar-refractivity contribution in [3.05, 3.63) is 70.6 Å². The fourth-order valence-electron chi connectivity index (χ4n) is 3.35. The molecule has 0 atom stereocenters. The molecule has 2 aromatic carbocycles. The molecule has 1 aliphatic rings. The number of hydrogen-bond donors (Lipinski definition) is 1. The summed E-state index contributed by atoms with van der Waals surface area (Å²) in [7, 11) is 0.0217. The maximum absolute atomic E-state index is 13.0. The molecule has 14 heteroatoms. The Balaban J connectivity index is -0.000000628. The van der Waals surface area contributed by atoms with Gasteiger partial charge in [0.15, 0.2) is 0 Å². The average Bonchev–Trinajstić information content (AvgIpc) is 3.61. The quantitative estimate of drug-likeness (QED) is 0.164. The molecule has 1 fully saturated rings. The molecule has 299 valence electrons. The summed E-state index contributed by atoms with van der Waals surface area (Å²) in [6.45, 7) is 31.8. The number of halogens is 3. The molecule has 0 aromatic heterocycles. The van der Waals surface area contributed by atoms with E-state index < -0.39 is 7.32 Å². The van der Waals surface area contributed by atoms with Crippen molar-refractivity contribution in [1.29, 1.82) is 0 Å². The van der Waals surface area contributed by atoms with Crippen LogP contribution in [-0.4, -0.2) is 62.8 Å². The molecule has 0 amide bonds. The fraction of sp³-hybridized carbons (Fsp3) is 0.667. The predicted molar refractivity (Wildman–Crippen MR) is 213 cm³/mol. The molecule has 1 aliphatic heterocycles. The first-order valence-electron chi connectivity index (χ1n) is 18.1. The SMILES string of the molecule is C1CCOC1.CC(C)(C)OCc1cc(F)ccc1Br.CC(C)(C)OCc1cc(F)ccc1O[B]O.CC(C)OB(OC(C)C)OC(C)C.[CH2-]CCC.[Li+]. The summed E-state index contributed by atoms with van der Waals surface area (Å²) >= 11 is 3.35. The number of hydrogen-bond acceptors (Lipinski definition) is 8. The first kappa shape index (κ1) is 56.4. The third kappa shape index (κ3) is 36.4. The van der Waals surface area contributed by atoms with Crippen LogP contribution in [0.2, 0.25) is 0 Å². The zero-order chi connectivity index (χ0) is 40.3. The molecule has 0 unspecified atom stereocenters. The van der Waals surface area contributed by atoms with Gasteiger partial charge in [0.1, 0.15) is 17.4 Å². The second-order valence-electron chi connectivity index (χ2n) is 14.5. The zero-order valence-corrected chi connectivity index (χ0v) is 36.7. The molecule has 1 heterocycles. The van der Waals surface area contributed by atoms with Crippen LogP contribution >= 0.6 is 15.9 Å². The molecule has 53 heavy (non-hydrogen) atoms. The van der Waals surface area contributed by atoms with Gasteiger partial charge in [-0.05, 0) is 138 Å². The van der Waals surface area contributed by atoms with E-state index in [9.17, 15) is 8.78 Å². The predicted octanol–water partition coefficient (Wildman–Crippen LogP) is 7.62. The van der Waals surface area contributed by atoms with Gasteiger partial charge in [-0.3, -0.25) is 0 Å². The molecule has 8 nitrogen and oxygen atoms in total. The van der Waals surface area contributed by atoms with E-state index in [1.807, 2.05) is 83.1 Å². The summed E-state index contributed by atoms with van der Waals surface area (Å²) in [5.41, 5.74) is 0.873. The van der Waals surface area contributed by atoms with Crippen LogP contribution in [0.4, 0.5) is 8.78 Å². The molecule has 0 aliphatic carbocycles. The van der Waals surface area contributed by atoms with Gasteiger partial charge in [0, 0.05) is 41.6 Å². The van der Waals surface area contributed by atoms with Crippen molar-refractivity contribution in [3.63, 3.8) is 0 Å². The van der Waals surface area contributed by atoms with Gasteiger partial charge in [-0.15, -0.1) is 0 Å². The summed E-state index contributed by atoms with van der Waals surface area (Å²) in [5, 5.41) is 8.56. The Morgan fingerprint density at radius 1 is 0.792 bits per heavy atom. The Labute approximate surface area is 342 Å². The van der Waals surface area contributed by atoms with Gasteiger partial charge in [0.2, 0.25) is 0 Å². The Morgan fingerprint density at radius 3 is 1.53 bits per heavy atom. The first-order chi connectivity index (χ1) is 24.1. The van der Waals surface area contributed by atoms with E-state index in [1.54, 1.807) is 6.07 Å². The normalized spacial score (nSPS) is 12.2. The summed E-state index contributed by atoms with van der Waals surface area (Å²) in [5.74, 6) is -0.216.